The molecule has 0 bridgehead atoms. The average Bonchev–Trinajstić information content (AvgIpc) is 3.07. The van der Waals surface area contributed by atoms with Crippen molar-refractivity contribution in [2.24, 2.45) is 0 Å². The van der Waals surface area contributed by atoms with E-state index in [9.17, 15) is 23.1 Å². The predicted molar refractivity (Wildman–Crippen MR) is 195 cm³/mol. The number of carbonyl (C=O) groups is 2. The lowest BCUT2D eigenvalue weighted by atomic mass is 9.99. The largest absolute Gasteiger partial charge is 0.390 e. The number of carbonyl (C=O) groups excluding carboxylic acids is 2. The van der Waals surface area contributed by atoms with E-state index >= 15 is 0 Å². The van der Waals surface area contributed by atoms with Crippen LogP contribution in [0.1, 0.15) is 55.9 Å². The summed E-state index contributed by atoms with van der Waals surface area (Å²) in [6.45, 7) is 3.40. The van der Waals surface area contributed by atoms with E-state index in [1.54, 1.807) is 0 Å². The highest BCUT2D eigenvalue weighted by atomic mass is 32.2. The molecule has 11 heteroatoms. The van der Waals surface area contributed by atoms with E-state index in [0.29, 0.717) is 13.0 Å². The molecular weight excluding hydrogens is 639 g/mol. The molecule has 0 radical (unpaired) electrons. The fourth-order valence-electron chi connectivity index (χ4n) is 5.46. The van der Waals surface area contributed by atoms with Gasteiger partial charge in [-0.1, -0.05) is 84.9 Å². The second-order valence-electron chi connectivity index (χ2n) is 12.6. The molecular formula is C38H47N5O5S. The Morgan fingerprint density at radius 2 is 1.33 bits per heavy atom. The molecule has 0 aromatic heterocycles. The van der Waals surface area contributed by atoms with Crippen molar-refractivity contribution in [3.05, 3.63) is 137 Å². The van der Waals surface area contributed by atoms with Crippen LogP contribution in [0.25, 0.3) is 0 Å². The number of aliphatic hydroxyl groups is 1. The molecule has 2 amide bonds. The zero-order valence-corrected chi connectivity index (χ0v) is 29.6. The van der Waals surface area contributed by atoms with Crippen LogP contribution in [-0.2, 0) is 29.5 Å². The first-order chi connectivity index (χ1) is 23.3. The highest BCUT2D eigenvalue weighted by Crippen LogP contribution is 2.22. The smallest absolute Gasteiger partial charge is 0.251 e. The molecule has 0 saturated carbocycles. The van der Waals surface area contributed by atoms with Gasteiger partial charge in [0.25, 0.3) is 11.8 Å². The molecule has 0 unspecified atom stereocenters. The molecule has 0 saturated heterocycles. The Morgan fingerprint density at radius 3 is 1.94 bits per heavy atom. The molecule has 4 aromatic rings. The molecule has 0 aliphatic rings. The van der Waals surface area contributed by atoms with Crippen molar-refractivity contribution < 1.29 is 23.1 Å². The second kappa shape index (κ2) is 17.2. The van der Waals surface area contributed by atoms with Gasteiger partial charge >= 0.3 is 0 Å². The van der Waals surface area contributed by atoms with Crippen LogP contribution in [0.2, 0.25) is 0 Å². The summed E-state index contributed by atoms with van der Waals surface area (Å²) in [4.78, 5) is 29.4. The lowest BCUT2D eigenvalue weighted by Gasteiger charge is -2.26. The molecule has 3 atom stereocenters. The molecule has 0 aliphatic heterocycles. The fraction of sp³-hybridized carbons (Fsp3) is 0.316. The van der Waals surface area contributed by atoms with E-state index in [1.807, 2.05) is 93.8 Å². The van der Waals surface area contributed by atoms with Crippen LogP contribution in [-0.4, -0.2) is 76.3 Å². The maximum Gasteiger partial charge on any atom is 0.251 e. The first-order valence-electron chi connectivity index (χ1n) is 16.2. The monoisotopic (exact) mass is 685 g/mol. The highest BCUT2D eigenvalue weighted by molar-refractivity contribution is 7.92. The van der Waals surface area contributed by atoms with Gasteiger partial charge in [0.15, 0.2) is 0 Å². The number of hydrogen-bond acceptors (Lipinski definition) is 7. The average molecular weight is 686 g/mol. The van der Waals surface area contributed by atoms with Crippen LogP contribution in [0.15, 0.2) is 103 Å². The highest BCUT2D eigenvalue weighted by Gasteiger charge is 2.25. The Morgan fingerprint density at radius 1 is 0.755 bits per heavy atom. The van der Waals surface area contributed by atoms with E-state index in [4.69, 9.17) is 0 Å². The molecule has 49 heavy (non-hydrogen) atoms. The van der Waals surface area contributed by atoms with Gasteiger partial charge in [0, 0.05) is 37.8 Å². The summed E-state index contributed by atoms with van der Waals surface area (Å²) in [6, 6.07) is 30.5. The third-order valence-corrected chi connectivity index (χ3v) is 9.41. The number of nitrogens with one attached hydrogen (secondary N) is 3. The molecule has 4 aromatic carbocycles. The third-order valence-electron chi connectivity index (χ3n) is 8.20. The molecule has 10 nitrogen and oxygen atoms in total. The number of amides is 2. The van der Waals surface area contributed by atoms with Crippen molar-refractivity contribution >= 4 is 27.5 Å². The summed E-state index contributed by atoms with van der Waals surface area (Å²) in [5.41, 5.74) is 4.45. The summed E-state index contributed by atoms with van der Waals surface area (Å²) in [5.74, 6) is -1.01. The number of sulfonamides is 1. The summed E-state index contributed by atoms with van der Waals surface area (Å²) >= 11 is 0. The van der Waals surface area contributed by atoms with Gasteiger partial charge in [-0.25, -0.2) is 8.42 Å². The van der Waals surface area contributed by atoms with E-state index in [-0.39, 0.29) is 29.4 Å². The van der Waals surface area contributed by atoms with Crippen LogP contribution in [0, 0.1) is 0 Å². The Labute approximate surface area is 290 Å². The van der Waals surface area contributed by atoms with Crippen molar-refractivity contribution in [2.75, 3.05) is 38.2 Å². The summed E-state index contributed by atoms with van der Waals surface area (Å²) < 4.78 is 26.0. The first kappa shape index (κ1) is 37.3. The van der Waals surface area contributed by atoms with Crippen LogP contribution in [0.3, 0.4) is 0 Å². The van der Waals surface area contributed by atoms with Gasteiger partial charge in [-0.05, 0) is 67.9 Å². The molecule has 260 valence electrons. The molecule has 0 spiro atoms. The number of rotatable bonds is 16. The van der Waals surface area contributed by atoms with Gasteiger partial charge in [-0.3, -0.25) is 13.9 Å². The standard InChI is InChI=1S/C38H47N5O5S/c1-27(31-17-10-7-11-18-31)40-37(45)32-21-33(23-34(22-32)43(4)49(5,47)48)38(46)41-35(20-28-13-8-6-9-14-28)36(44)25-39-24-29-15-12-16-30(19-29)26-42(2)3/h6-19,21-23,27,35-36,39,44H,20,24-26H2,1-5H3,(H,40,45)(H,41,46)/t27-,35+,36-/m1/s1. The minimum absolute atomic E-state index is 0.0847. The topological polar surface area (TPSA) is 131 Å². The molecule has 0 heterocycles. The van der Waals surface area contributed by atoms with Gasteiger partial charge in [0.05, 0.1) is 30.1 Å². The summed E-state index contributed by atoms with van der Waals surface area (Å²) in [7, 11) is 1.70. The minimum Gasteiger partial charge on any atom is -0.390 e. The van der Waals surface area contributed by atoms with Crippen LogP contribution < -0.4 is 20.3 Å². The first-order valence-corrected chi connectivity index (χ1v) is 18.1. The summed E-state index contributed by atoms with van der Waals surface area (Å²) in [6.07, 6.45) is 0.429. The van der Waals surface area contributed by atoms with Crippen molar-refractivity contribution in [3.8, 4) is 0 Å². The van der Waals surface area contributed by atoms with Crippen LogP contribution in [0.5, 0.6) is 0 Å². The van der Waals surface area contributed by atoms with Gasteiger partial charge < -0.3 is 26.0 Å². The van der Waals surface area contributed by atoms with Gasteiger partial charge in [-0.15, -0.1) is 0 Å². The Hall–Kier alpha value is -4.55. The van der Waals surface area contributed by atoms with Crippen LogP contribution in [0.4, 0.5) is 5.69 Å². The zero-order valence-electron chi connectivity index (χ0n) is 28.8. The normalized spacial score (nSPS) is 13.4. The Balaban J connectivity index is 1.56. The quantitative estimate of drug-likeness (QED) is 0.140. The van der Waals surface area contributed by atoms with E-state index in [0.717, 1.165) is 33.8 Å². The van der Waals surface area contributed by atoms with E-state index < -0.39 is 34.0 Å². The number of hydrogen-bond donors (Lipinski definition) is 4. The number of benzene rings is 4. The number of anilines is 1. The van der Waals surface area contributed by atoms with Gasteiger partial charge in [-0.2, -0.15) is 0 Å². The molecule has 0 aliphatic carbocycles. The number of aliphatic hydroxyl groups excluding tert-OH is 1. The zero-order chi connectivity index (χ0) is 35.6. The summed E-state index contributed by atoms with van der Waals surface area (Å²) in [5, 5.41) is 20.6. The SMILES string of the molecule is C[C@@H](NC(=O)c1cc(C(=O)N[C@@H](Cc2ccccc2)[C@H](O)CNCc2cccc(CN(C)C)c2)cc(N(C)S(C)(=O)=O)c1)c1ccccc1. The van der Waals surface area contributed by atoms with Crippen molar-refractivity contribution in [1.82, 2.24) is 20.9 Å². The van der Waals surface area contributed by atoms with Crippen molar-refractivity contribution in [1.29, 1.82) is 0 Å². The van der Waals surface area contributed by atoms with E-state index in [2.05, 4.69) is 33.0 Å². The second-order valence-corrected chi connectivity index (χ2v) is 14.6. The minimum atomic E-state index is -3.71. The predicted octanol–water partition coefficient (Wildman–Crippen LogP) is 4.13. The van der Waals surface area contributed by atoms with Gasteiger partial charge in [0.2, 0.25) is 10.0 Å². The van der Waals surface area contributed by atoms with E-state index in [1.165, 1.54) is 30.8 Å². The van der Waals surface area contributed by atoms with Gasteiger partial charge in [0.1, 0.15) is 0 Å². The third kappa shape index (κ3) is 11.3. The Kier molecular flexibility index (Phi) is 13.1. The van der Waals surface area contributed by atoms with Crippen molar-refractivity contribution in [2.45, 2.75) is 44.6 Å². The maximum atomic E-state index is 13.9. The molecule has 0 fully saturated rings. The number of nitrogens with zero attached hydrogens (tertiary/aromatic N) is 2. The molecule has 4 N–H and O–H groups in total. The fourth-order valence-corrected chi connectivity index (χ4v) is 5.95. The lowest BCUT2D eigenvalue weighted by molar-refractivity contribution is 0.0830. The lowest BCUT2D eigenvalue weighted by Crippen LogP contribution is -2.48. The molecule has 4 rings (SSSR count). The van der Waals surface area contributed by atoms with Crippen molar-refractivity contribution in [3.63, 3.8) is 0 Å². The maximum absolute atomic E-state index is 13.9. The Bertz CT molecular complexity index is 1800. The van der Waals surface area contributed by atoms with Crippen LogP contribution >= 0.6 is 0 Å².